The fourth-order valence-electron chi connectivity index (χ4n) is 2.41. The molecule has 1 aromatic heterocycles. The van der Waals surface area contributed by atoms with Gasteiger partial charge in [-0.25, -0.2) is 4.98 Å². The molecule has 1 heterocycles. The Bertz CT molecular complexity index is 607. The summed E-state index contributed by atoms with van der Waals surface area (Å²) in [6, 6.07) is 8.91. The van der Waals surface area contributed by atoms with E-state index in [-0.39, 0.29) is 5.41 Å². The van der Waals surface area contributed by atoms with Crippen molar-refractivity contribution in [3.63, 3.8) is 0 Å². The van der Waals surface area contributed by atoms with Crippen molar-refractivity contribution in [2.45, 2.75) is 52.9 Å². The van der Waals surface area contributed by atoms with E-state index in [2.05, 4.69) is 71.1 Å². The van der Waals surface area contributed by atoms with Crippen molar-refractivity contribution < 1.29 is 0 Å². The number of anilines is 1. The van der Waals surface area contributed by atoms with E-state index >= 15 is 0 Å². The lowest BCUT2D eigenvalue weighted by molar-refractivity contribution is 0.591. The lowest BCUT2D eigenvalue weighted by Crippen LogP contribution is -2.11. The van der Waals surface area contributed by atoms with E-state index in [1.807, 2.05) is 0 Å². The Morgan fingerprint density at radius 3 is 2.40 bits per heavy atom. The van der Waals surface area contributed by atoms with Gasteiger partial charge in [-0.15, -0.1) is 0 Å². The van der Waals surface area contributed by atoms with Gasteiger partial charge in [0.1, 0.15) is 5.82 Å². The molecule has 0 atom stereocenters. The van der Waals surface area contributed by atoms with Gasteiger partial charge >= 0.3 is 0 Å². The molecule has 2 nitrogen and oxygen atoms in total. The second kappa shape index (κ2) is 5.43. The van der Waals surface area contributed by atoms with E-state index in [4.69, 9.17) is 4.98 Å². The van der Waals surface area contributed by atoms with Crippen LogP contribution < -0.4 is 5.32 Å². The molecule has 20 heavy (non-hydrogen) atoms. The average molecular weight is 270 g/mol. The summed E-state index contributed by atoms with van der Waals surface area (Å²) in [7, 11) is 0. The Morgan fingerprint density at radius 1 is 1.15 bits per heavy atom. The summed E-state index contributed by atoms with van der Waals surface area (Å²) >= 11 is 0. The molecule has 0 saturated heterocycles. The lowest BCUT2D eigenvalue weighted by Gasteiger charge is -2.20. The zero-order valence-electron chi connectivity index (χ0n) is 13.5. The molecule has 1 aromatic carbocycles. The van der Waals surface area contributed by atoms with Crippen molar-refractivity contribution in [2.24, 2.45) is 0 Å². The van der Waals surface area contributed by atoms with Crippen molar-refractivity contribution >= 4 is 16.7 Å². The van der Waals surface area contributed by atoms with Crippen LogP contribution in [0.25, 0.3) is 10.9 Å². The first-order chi connectivity index (χ1) is 9.32. The molecule has 2 aromatic rings. The van der Waals surface area contributed by atoms with Gasteiger partial charge in [-0.2, -0.15) is 0 Å². The van der Waals surface area contributed by atoms with E-state index in [0.717, 1.165) is 17.9 Å². The average Bonchev–Trinajstić information content (AvgIpc) is 2.36. The molecule has 0 aliphatic rings. The van der Waals surface area contributed by atoms with Crippen LogP contribution in [0.5, 0.6) is 0 Å². The quantitative estimate of drug-likeness (QED) is 0.840. The number of nitrogens with zero attached hydrogens (tertiary/aromatic N) is 1. The highest BCUT2D eigenvalue weighted by molar-refractivity contribution is 5.83. The number of aromatic nitrogens is 1. The molecule has 2 rings (SSSR count). The minimum atomic E-state index is 0.173. The SMILES string of the molecule is CCNc1nc2ccc(C(C)(C)C)cc2cc1C(C)C. The predicted octanol–water partition coefficient (Wildman–Crippen LogP) is 5.09. The highest BCUT2D eigenvalue weighted by Crippen LogP contribution is 2.30. The number of benzene rings is 1. The third kappa shape index (κ3) is 2.95. The van der Waals surface area contributed by atoms with Crippen molar-refractivity contribution in [3.05, 3.63) is 35.4 Å². The molecule has 2 heteroatoms. The fourth-order valence-corrected chi connectivity index (χ4v) is 2.41. The van der Waals surface area contributed by atoms with Gasteiger partial charge in [-0.3, -0.25) is 0 Å². The van der Waals surface area contributed by atoms with Crippen LogP contribution >= 0.6 is 0 Å². The van der Waals surface area contributed by atoms with E-state index in [1.54, 1.807) is 0 Å². The first-order valence-electron chi connectivity index (χ1n) is 7.52. The first kappa shape index (κ1) is 14.8. The molecule has 0 aliphatic carbocycles. The third-order valence-corrected chi connectivity index (χ3v) is 3.68. The largest absolute Gasteiger partial charge is 0.370 e. The number of rotatable bonds is 3. The molecular formula is C18H26N2. The molecule has 0 spiro atoms. The van der Waals surface area contributed by atoms with E-state index in [1.165, 1.54) is 16.5 Å². The number of pyridine rings is 1. The zero-order valence-corrected chi connectivity index (χ0v) is 13.5. The standard InChI is InChI=1S/C18H26N2/c1-7-19-17-15(12(2)3)11-13-10-14(18(4,5)6)8-9-16(13)20-17/h8-12H,7H2,1-6H3,(H,19,20). The molecule has 108 valence electrons. The molecule has 0 bridgehead atoms. The van der Waals surface area contributed by atoms with Crippen LogP contribution in [0.15, 0.2) is 24.3 Å². The van der Waals surface area contributed by atoms with Crippen LogP contribution in [0, 0.1) is 0 Å². The van der Waals surface area contributed by atoms with Crippen molar-refractivity contribution in [1.82, 2.24) is 4.98 Å². The Kier molecular flexibility index (Phi) is 4.03. The van der Waals surface area contributed by atoms with E-state index in [9.17, 15) is 0 Å². The molecule has 0 amide bonds. The Labute approximate surface area is 122 Å². The summed E-state index contributed by atoms with van der Waals surface area (Å²) in [5.41, 5.74) is 3.90. The van der Waals surface area contributed by atoms with Crippen molar-refractivity contribution in [3.8, 4) is 0 Å². The number of hydrogen-bond acceptors (Lipinski definition) is 2. The number of fused-ring (bicyclic) bond motifs is 1. The molecule has 0 saturated carbocycles. The van der Waals surface area contributed by atoms with Gasteiger partial charge in [0, 0.05) is 11.9 Å². The maximum absolute atomic E-state index is 4.80. The van der Waals surface area contributed by atoms with Gasteiger partial charge in [0.2, 0.25) is 0 Å². The van der Waals surface area contributed by atoms with E-state index < -0.39 is 0 Å². The van der Waals surface area contributed by atoms with Gasteiger partial charge in [-0.1, -0.05) is 40.7 Å². The van der Waals surface area contributed by atoms with Crippen LogP contribution in [0.2, 0.25) is 0 Å². The second-order valence-electron chi connectivity index (χ2n) is 6.77. The summed E-state index contributed by atoms with van der Waals surface area (Å²) in [4.78, 5) is 4.80. The highest BCUT2D eigenvalue weighted by atomic mass is 15.0. The Balaban J connectivity index is 2.62. The van der Waals surface area contributed by atoms with Crippen molar-refractivity contribution in [1.29, 1.82) is 0 Å². The summed E-state index contributed by atoms with van der Waals surface area (Å²) in [5.74, 6) is 1.50. The lowest BCUT2D eigenvalue weighted by atomic mass is 9.86. The summed E-state index contributed by atoms with van der Waals surface area (Å²) in [6.07, 6.45) is 0. The third-order valence-electron chi connectivity index (χ3n) is 3.68. The van der Waals surface area contributed by atoms with Crippen LogP contribution in [0.3, 0.4) is 0 Å². The molecule has 0 radical (unpaired) electrons. The topological polar surface area (TPSA) is 24.9 Å². The minimum absolute atomic E-state index is 0.173. The number of nitrogens with one attached hydrogen (secondary N) is 1. The molecule has 0 aliphatic heterocycles. The number of hydrogen-bond donors (Lipinski definition) is 1. The van der Waals surface area contributed by atoms with Gasteiger partial charge in [0.25, 0.3) is 0 Å². The summed E-state index contributed by atoms with van der Waals surface area (Å²) in [5, 5.41) is 4.62. The molecule has 1 N–H and O–H groups in total. The second-order valence-corrected chi connectivity index (χ2v) is 6.77. The smallest absolute Gasteiger partial charge is 0.130 e. The molecular weight excluding hydrogens is 244 g/mol. The monoisotopic (exact) mass is 270 g/mol. The highest BCUT2D eigenvalue weighted by Gasteiger charge is 2.15. The van der Waals surface area contributed by atoms with Gasteiger partial charge < -0.3 is 5.32 Å². The summed E-state index contributed by atoms with van der Waals surface area (Å²) in [6.45, 7) is 14.2. The van der Waals surface area contributed by atoms with Crippen molar-refractivity contribution in [2.75, 3.05) is 11.9 Å². The maximum atomic E-state index is 4.80. The summed E-state index contributed by atoms with van der Waals surface area (Å²) < 4.78 is 0. The molecule has 0 fully saturated rings. The van der Waals surface area contributed by atoms with Crippen LogP contribution in [0.1, 0.15) is 58.6 Å². The zero-order chi connectivity index (χ0) is 14.9. The van der Waals surface area contributed by atoms with Gasteiger partial charge in [-0.05, 0) is 47.6 Å². The van der Waals surface area contributed by atoms with Gasteiger partial charge in [0.15, 0.2) is 0 Å². The molecule has 0 unspecified atom stereocenters. The normalized spacial score (nSPS) is 12.2. The fraction of sp³-hybridized carbons (Fsp3) is 0.500. The van der Waals surface area contributed by atoms with Gasteiger partial charge in [0.05, 0.1) is 5.52 Å². The first-order valence-corrected chi connectivity index (χ1v) is 7.52. The maximum Gasteiger partial charge on any atom is 0.130 e. The Morgan fingerprint density at radius 2 is 1.85 bits per heavy atom. The minimum Gasteiger partial charge on any atom is -0.370 e. The van der Waals surface area contributed by atoms with Crippen LogP contribution in [-0.4, -0.2) is 11.5 Å². The van der Waals surface area contributed by atoms with Crippen LogP contribution in [0.4, 0.5) is 5.82 Å². The predicted molar refractivity (Wildman–Crippen MR) is 88.7 cm³/mol. The Hall–Kier alpha value is -1.57. The van der Waals surface area contributed by atoms with Crippen LogP contribution in [-0.2, 0) is 5.41 Å². The van der Waals surface area contributed by atoms with E-state index in [0.29, 0.717) is 5.92 Å².